The van der Waals surface area contributed by atoms with Gasteiger partial charge in [0.25, 0.3) is 0 Å². The van der Waals surface area contributed by atoms with E-state index in [1.807, 2.05) is 62.4 Å². The first kappa shape index (κ1) is 19.9. The summed E-state index contributed by atoms with van der Waals surface area (Å²) < 4.78 is 10.0. The fourth-order valence-electron chi connectivity index (χ4n) is 2.49. The maximum absolute atomic E-state index is 11.0. The number of methoxy groups -OCH3 is 1. The van der Waals surface area contributed by atoms with Gasteiger partial charge in [0, 0.05) is 0 Å². The summed E-state index contributed by atoms with van der Waals surface area (Å²) in [4.78, 5) is 21.3. The Hall–Kier alpha value is -3.40. The van der Waals surface area contributed by atoms with Gasteiger partial charge in [0.15, 0.2) is 0 Å². The number of carbonyl (C=O) groups excluding carboxylic acids is 2. The molecule has 3 aromatic rings. The van der Waals surface area contributed by atoms with E-state index >= 15 is 0 Å². The molecule has 0 atom stereocenters. The largest absolute Gasteiger partial charge is 0.497 e. The SMILES string of the molecule is CC.COc1ccc(-c2ccc(-c3ccc(OC(=O)C=O)cc3)cc2)cc1. The van der Waals surface area contributed by atoms with Crippen LogP contribution in [0.3, 0.4) is 0 Å². The van der Waals surface area contributed by atoms with Crippen molar-refractivity contribution in [2.75, 3.05) is 7.11 Å². The third-order valence-electron chi connectivity index (χ3n) is 3.81. The summed E-state index contributed by atoms with van der Waals surface area (Å²) in [6.07, 6.45) is 0.145. The monoisotopic (exact) mass is 362 g/mol. The van der Waals surface area contributed by atoms with E-state index in [0.717, 1.165) is 28.0 Å². The molecule has 0 spiro atoms. The van der Waals surface area contributed by atoms with Crippen LogP contribution in [-0.4, -0.2) is 19.4 Å². The number of hydrogen-bond donors (Lipinski definition) is 0. The zero-order chi connectivity index (χ0) is 19.6. The summed E-state index contributed by atoms with van der Waals surface area (Å²) in [6.45, 7) is 4.00. The summed E-state index contributed by atoms with van der Waals surface area (Å²) in [7, 11) is 1.65. The van der Waals surface area contributed by atoms with E-state index in [-0.39, 0.29) is 6.29 Å². The van der Waals surface area contributed by atoms with Gasteiger partial charge in [-0.1, -0.05) is 62.4 Å². The Kier molecular flexibility index (Phi) is 7.32. The van der Waals surface area contributed by atoms with E-state index in [1.165, 1.54) is 0 Å². The van der Waals surface area contributed by atoms with Crippen LogP contribution in [-0.2, 0) is 9.59 Å². The molecule has 0 fully saturated rings. The van der Waals surface area contributed by atoms with E-state index in [1.54, 1.807) is 19.2 Å². The lowest BCUT2D eigenvalue weighted by atomic mass is 10.0. The molecule has 0 amide bonds. The molecular formula is C23H22O4. The van der Waals surface area contributed by atoms with Crippen LogP contribution in [0, 0.1) is 0 Å². The molecule has 0 aliphatic rings. The summed E-state index contributed by atoms with van der Waals surface area (Å²) in [6, 6.07) is 23.1. The second kappa shape index (κ2) is 9.92. The molecule has 4 heteroatoms. The quantitative estimate of drug-likeness (QED) is 0.272. The highest BCUT2D eigenvalue weighted by molar-refractivity contribution is 6.21. The van der Waals surface area contributed by atoms with Gasteiger partial charge >= 0.3 is 5.97 Å². The molecule has 0 aliphatic heterocycles. The molecule has 27 heavy (non-hydrogen) atoms. The highest BCUT2D eigenvalue weighted by Gasteiger charge is 2.04. The van der Waals surface area contributed by atoms with E-state index in [0.29, 0.717) is 5.75 Å². The van der Waals surface area contributed by atoms with Crippen LogP contribution in [0.25, 0.3) is 22.3 Å². The second-order valence-corrected chi connectivity index (χ2v) is 5.37. The Balaban J connectivity index is 0.00000126. The number of esters is 1. The Morgan fingerprint density at radius 2 is 1.00 bits per heavy atom. The zero-order valence-electron chi connectivity index (χ0n) is 15.6. The zero-order valence-corrected chi connectivity index (χ0v) is 15.6. The van der Waals surface area contributed by atoms with Crippen LogP contribution < -0.4 is 9.47 Å². The van der Waals surface area contributed by atoms with Crippen LogP contribution in [0.15, 0.2) is 72.8 Å². The number of rotatable bonds is 5. The molecule has 4 nitrogen and oxygen atoms in total. The van der Waals surface area contributed by atoms with Crippen molar-refractivity contribution < 1.29 is 19.1 Å². The molecule has 138 valence electrons. The summed E-state index contributed by atoms with van der Waals surface area (Å²) in [5.41, 5.74) is 4.27. The molecule has 3 rings (SSSR count). The molecule has 0 unspecified atom stereocenters. The number of carbonyl (C=O) groups is 2. The van der Waals surface area contributed by atoms with Gasteiger partial charge in [-0.05, 0) is 46.5 Å². The van der Waals surface area contributed by atoms with Crippen LogP contribution in [0.5, 0.6) is 11.5 Å². The normalized spacial score (nSPS) is 9.59. The number of ether oxygens (including phenoxy) is 2. The molecule has 0 bridgehead atoms. The smallest absolute Gasteiger partial charge is 0.376 e. The predicted octanol–water partition coefficient (Wildman–Crippen LogP) is 5.16. The highest BCUT2D eigenvalue weighted by atomic mass is 16.5. The minimum absolute atomic E-state index is 0.145. The van der Waals surface area contributed by atoms with Gasteiger partial charge in [0.1, 0.15) is 11.5 Å². The molecule has 0 aromatic heterocycles. The van der Waals surface area contributed by atoms with Gasteiger partial charge in [-0.15, -0.1) is 0 Å². The number of hydrogen-bond acceptors (Lipinski definition) is 4. The number of aldehydes is 1. The lowest BCUT2D eigenvalue weighted by Crippen LogP contribution is -2.08. The predicted molar refractivity (Wildman–Crippen MR) is 107 cm³/mol. The topological polar surface area (TPSA) is 52.6 Å². The van der Waals surface area contributed by atoms with Crippen molar-refractivity contribution >= 4 is 12.3 Å². The molecule has 0 saturated carbocycles. The van der Waals surface area contributed by atoms with E-state index in [9.17, 15) is 9.59 Å². The van der Waals surface area contributed by atoms with Crippen molar-refractivity contribution in [3.63, 3.8) is 0 Å². The first-order valence-electron chi connectivity index (χ1n) is 8.71. The lowest BCUT2D eigenvalue weighted by molar-refractivity contribution is -0.141. The Bertz CT molecular complexity index is 864. The molecule has 0 radical (unpaired) electrons. The standard InChI is InChI=1S/C21H16O4.C2H6/c1-24-19-10-6-17(7-11-19)15-2-4-16(5-3-15)18-8-12-20(13-9-18)25-21(23)14-22;1-2/h2-14H,1H3;1-2H3. The first-order chi connectivity index (χ1) is 13.2. The number of benzene rings is 3. The van der Waals surface area contributed by atoms with Gasteiger partial charge in [0.2, 0.25) is 6.29 Å². The average Bonchev–Trinajstić information content (AvgIpc) is 2.76. The van der Waals surface area contributed by atoms with Crippen molar-refractivity contribution in [3.05, 3.63) is 72.8 Å². The highest BCUT2D eigenvalue weighted by Crippen LogP contribution is 2.27. The minimum atomic E-state index is -0.906. The maximum Gasteiger partial charge on any atom is 0.376 e. The molecule has 0 heterocycles. The van der Waals surface area contributed by atoms with Crippen LogP contribution in [0.2, 0.25) is 0 Å². The van der Waals surface area contributed by atoms with Crippen LogP contribution in [0.1, 0.15) is 13.8 Å². The third-order valence-corrected chi connectivity index (χ3v) is 3.81. The molecule has 0 N–H and O–H groups in total. The van der Waals surface area contributed by atoms with Crippen molar-refractivity contribution in [2.24, 2.45) is 0 Å². The third kappa shape index (κ3) is 5.28. The molecule has 0 saturated heterocycles. The van der Waals surface area contributed by atoms with Crippen LogP contribution >= 0.6 is 0 Å². The Morgan fingerprint density at radius 3 is 1.33 bits per heavy atom. The molecule has 3 aromatic carbocycles. The van der Waals surface area contributed by atoms with Gasteiger partial charge < -0.3 is 9.47 Å². The molecular weight excluding hydrogens is 340 g/mol. The van der Waals surface area contributed by atoms with Gasteiger partial charge in [-0.2, -0.15) is 0 Å². The van der Waals surface area contributed by atoms with Crippen molar-refractivity contribution in [2.45, 2.75) is 13.8 Å². The average molecular weight is 362 g/mol. The lowest BCUT2D eigenvalue weighted by Gasteiger charge is -2.07. The van der Waals surface area contributed by atoms with Gasteiger partial charge in [-0.3, -0.25) is 4.79 Å². The minimum Gasteiger partial charge on any atom is -0.497 e. The summed E-state index contributed by atoms with van der Waals surface area (Å²) >= 11 is 0. The fourth-order valence-corrected chi connectivity index (χ4v) is 2.49. The van der Waals surface area contributed by atoms with Crippen molar-refractivity contribution in [1.29, 1.82) is 0 Å². The van der Waals surface area contributed by atoms with Crippen molar-refractivity contribution in [1.82, 2.24) is 0 Å². The van der Waals surface area contributed by atoms with E-state index < -0.39 is 5.97 Å². The van der Waals surface area contributed by atoms with Crippen molar-refractivity contribution in [3.8, 4) is 33.8 Å². The first-order valence-corrected chi connectivity index (χ1v) is 8.71. The van der Waals surface area contributed by atoms with Gasteiger partial charge in [-0.25, -0.2) is 4.79 Å². The summed E-state index contributed by atoms with van der Waals surface area (Å²) in [5, 5.41) is 0. The van der Waals surface area contributed by atoms with Crippen LogP contribution in [0.4, 0.5) is 0 Å². The summed E-state index contributed by atoms with van der Waals surface area (Å²) in [5.74, 6) is 0.267. The Labute approximate surface area is 159 Å². The maximum atomic E-state index is 11.0. The Morgan fingerprint density at radius 1 is 0.667 bits per heavy atom. The van der Waals surface area contributed by atoms with E-state index in [2.05, 4.69) is 12.1 Å². The van der Waals surface area contributed by atoms with E-state index in [4.69, 9.17) is 9.47 Å². The fraction of sp³-hybridized carbons (Fsp3) is 0.130. The van der Waals surface area contributed by atoms with Gasteiger partial charge in [0.05, 0.1) is 7.11 Å². The second-order valence-electron chi connectivity index (χ2n) is 5.37. The molecule has 0 aliphatic carbocycles.